The highest BCUT2D eigenvalue weighted by Crippen LogP contribution is 2.17. The van der Waals surface area contributed by atoms with Crippen LogP contribution in [0.1, 0.15) is 11.3 Å². The molecule has 3 nitrogen and oxygen atoms in total. The SMILES string of the molecule is N#C/C(=C\c1ccoc1)c1ccc(Cl)cn1. The van der Waals surface area contributed by atoms with Crippen molar-refractivity contribution in [2.24, 2.45) is 0 Å². The quantitative estimate of drug-likeness (QED) is 0.743. The average molecular weight is 231 g/mol. The molecule has 0 aliphatic heterocycles. The minimum atomic E-state index is 0.470. The Hall–Kier alpha value is -2.05. The summed E-state index contributed by atoms with van der Waals surface area (Å²) in [5.74, 6) is 0. The van der Waals surface area contributed by atoms with Crippen LogP contribution in [0.4, 0.5) is 0 Å². The number of aromatic nitrogens is 1. The van der Waals surface area contributed by atoms with Gasteiger partial charge in [-0.3, -0.25) is 4.98 Å². The van der Waals surface area contributed by atoms with E-state index in [2.05, 4.69) is 11.1 Å². The number of halogens is 1. The molecule has 0 aliphatic carbocycles. The Kier molecular flexibility index (Phi) is 3.04. The molecule has 2 heterocycles. The Morgan fingerprint density at radius 2 is 2.31 bits per heavy atom. The van der Waals surface area contributed by atoms with Crippen molar-refractivity contribution in [1.82, 2.24) is 4.98 Å². The molecule has 0 fully saturated rings. The van der Waals surface area contributed by atoms with E-state index in [-0.39, 0.29) is 0 Å². The molecule has 0 saturated carbocycles. The van der Waals surface area contributed by atoms with Crippen molar-refractivity contribution < 1.29 is 4.42 Å². The van der Waals surface area contributed by atoms with Gasteiger partial charge in [-0.25, -0.2) is 0 Å². The van der Waals surface area contributed by atoms with E-state index in [1.54, 1.807) is 36.8 Å². The Labute approximate surface area is 97.6 Å². The summed E-state index contributed by atoms with van der Waals surface area (Å²) >= 11 is 5.72. The van der Waals surface area contributed by atoms with Crippen LogP contribution in [-0.2, 0) is 0 Å². The fourth-order valence-electron chi connectivity index (χ4n) is 1.22. The lowest BCUT2D eigenvalue weighted by molar-refractivity contribution is 0.567. The summed E-state index contributed by atoms with van der Waals surface area (Å²) in [6.45, 7) is 0. The van der Waals surface area contributed by atoms with Gasteiger partial charge in [0.05, 0.1) is 28.8 Å². The maximum Gasteiger partial charge on any atom is 0.101 e. The zero-order valence-corrected chi connectivity index (χ0v) is 8.98. The van der Waals surface area contributed by atoms with Crippen LogP contribution < -0.4 is 0 Å². The molecule has 0 aromatic carbocycles. The van der Waals surface area contributed by atoms with Crippen molar-refractivity contribution in [3.8, 4) is 6.07 Å². The lowest BCUT2D eigenvalue weighted by Crippen LogP contribution is -1.85. The molecule has 0 spiro atoms. The number of nitrogens with zero attached hydrogens (tertiary/aromatic N) is 2. The fraction of sp³-hybridized carbons (Fsp3) is 0. The van der Waals surface area contributed by atoms with Crippen molar-refractivity contribution in [2.45, 2.75) is 0 Å². The molecule has 16 heavy (non-hydrogen) atoms. The van der Waals surface area contributed by atoms with Crippen LogP contribution in [0.15, 0.2) is 41.3 Å². The Balaban J connectivity index is 2.37. The van der Waals surface area contributed by atoms with E-state index in [9.17, 15) is 0 Å². The molecule has 2 rings (SSSR count). The van der Waals surface area contributed by atoms with Gasteiger partial charge in [-0.05, 0) is 24.3 Å². The third kappa shape index (κ3) is 2.30. The van der Waals surface area contributed by atoms with Gasteiger partial charge in [-0.2, -0.15) is 5.26 Å². The maximum absolute atomic E-state index is 9.03. The second-order valence-corrected chi connectivity index (χ2v) is 3.52. The first kappa shape index (κ1) is 10.5. The van der Waals surface area contributed by atoms with Gasteiger partial charge in [0.1, 0.15) is 6.07 Å². The molecule has 0 radical (unpaired) electrons. The van der Waals surface area contributed by atoms with Gasteiger partial charge in [0, 0.05) is 11.8 Å². The molecule has 0 amide bonds. The standard InChI is InChI=1S/C12H7ClN2O/c13-11-1-2-12(15-7-11)10(6-14)5-9-3-4-16-8-9/h1-5,7-8H/b10-5+. The monoisotopic (exact) mass is 230 g/mol. The number of nitriles is 1. The smallest absolute Gasteiger partial charge is 0.101 e. The summed E-state index contributed by atoms with van der Waals surface area (Å²) in [5, 5.41) is 9.57. The average Bonchev–Trinajstić information content (AvgIpc) is 2.80. The lowest BCUT2D eigenvalue weighted by Gasteiger charge is -1.97. The van der Waals surface area contributed by atoms with Crippen molar-refractivity contribution >= 4 is 23.3 Å². The third-order valence-electron chi connectivity index (χ3n) is 1.98. The number of pyridine rings is 1. The maximum atomic E-state index is 9.03. The first-order valence-electron chi connectivity index (χ1n) is 4.55. The number of furan rings is 1. The molecule has 0 unspecified atom stereocenters. The molecule has 0 atom stereocenters. The molecule has 0 bridgehead atoms. The molecular weight excluding hydrogens is 224 g/mol. The van der Waals surface area contributed by atoms with Gasteiger partial charge < -0.3 is 4.42 Å². The van der Waals surface area contributed by atoms with Crippen LogP contribution in [0, 0.1) is 11.3 Å². The second-order valence-electron chi connectivity index (χ2n) is 3.09. The van der Waals surface area contributed by atoms with Crippen LogP contribution in [-0.4, -0.2) is 4.98 Å². The zero-order valence-electron chi connectivity index (χ0n) is 8.22. The highest BCUT2D eigenvalue weighted by atomic mass is 35.5. The van der Waals surface area contributed by atoms with Crippen LogP contribution >= 0.6 is 11.6 Å². The molecule has 4 heteroatoms. The number of allylic oxidation sites excluding steroid dienone is 1. The van der Waals surface area contributed by atoms with Gasteiger partial charge in [0.25, 0.3) is 0 Å². The minimum absolute atomic E-state index is 0.470. The summed E-state index contributed by atoms with van der Waals surface area (Å²) in [5.41, 5.74) is 1.89. The Bertz CT molecular complexity index is 535. The molecule has 78 valence electrons. The van der Waals surface area contributed by atoms with Crippen molar-refractivity contribution in [1.29, 1.82) is 5.26 Å². The van der Waals surface area contributed by atoms with Gasteiger partial charge in [0.2, 0.25) is 0 Å². The van der Waals surface area contributed by atoms with Gasteiger partial charge in [-0.1, -0.05) is 11.6 Å². The minimum Gasteiger partial charge on any atom is -0.472 e. The van der Waals surface area contributed by atoms with Gasteiger partial charge in [0.15, 0.2) is 0 Å². The zero-order chi connectivity index (χ0) is 11.4. The summed E-state index contributed by atoms with van der Waals surface area (Å²) in [6.07, 6.45) is 6.33. The van der Waals surface area contributed by atoms with Gasteiger partial charge in [-0.15, -0.1) is 0 Å². The van der Waals surface area contributed by atoms with Crippen LogP contribution in [0.5, 0.6) is 0 Å². The third-order valence-corrected chi connectivity index (χ3v) is 2.20. The summed E-state index contributed by atoms with van der Waals surface area (Å²) < 4.78 is 4.92. The Morgan fingerprint density at radius 3 is 2.88 bits per heavy atom. The van der Waals surface area contributed by atoms with Crippen molar-refractivity contribution in [3.05, 3.63) is 53.2 Å². The first-order valence-corrected chi connectivity index (χ1v) is 4.93. The van der Waals surface area contributed by atoms with E-state index >= 15 is 0 Å². The molecule has 2 aromatic heterocycles. The number of hydrogen-bond acceptors (Lipinski definition) is 3. The van der Waals surface area contributed by atoms with E-state index in [0.29, 0.717) is 16.3 Å². The molecule has 0 aliphatic rings. The molecule has 0 N–H and O–H groups in total. The predicted octanol–water partition coefficient (Wildman–Crippen LogP) is 3.39. The summed E-state index contributed by atoms with van der Waals surface area (Å²) in [6, 6.07) is 7.27. The Morgan fingerprint density at radius 1 is 1.44 bits per heavy atom. The van der Waals surface area contributed by atoms with Crippen LogP contribution in [0.3, 0.4) is 0 Å². The van der Waals surface area contributed by atoms with E-state index in [1.165, 1.54) is 6.20 Å². The second kappa shape index (κ2) is 4.65. The normalized spacial score (nSPS) is 11.1. The predicted molar refractivity (Wildman–Crippen MR) is 61.4 cm³/mol. The van der Waals surface area contributed by atoms with Crippen LogP contribution in [0.25, 0.3) is 11.6 Å². The summed E-state index contributed by atoms with van der Waals surface area (Å²) in [4.78, 5) is 4.08. The molecule has 2 aromatic rings. The lowest BCUT2D eigenvalue weighted by atomic mass is 10.1. The van der Waals surface area contributed by atoms with E-state index in [4.69, 9.17) is 21.3 Å². The first-order chi connectivity index (χ1) is 7.79. The largest absolute Gasteiger partial charge is 0.472 e. The molecule has 0 saturated heterocycles. The fourth-order valence-corrected chi connectivity index (χ4v) is 1.33. The van der Waals surface area contributed by atoms with Crippen molar-refractivity contribution in [3.63, 3.8) is 0 Å². The topological polar surface area (TPSA) is 49.8 Å². The summed E-state index contributed by atoms with van der Waals surface area (Å²) in [7, 11) is 0. The van der Waals surface area contributed by atoms with Gasteiger partial charge >= 0.3 is 0 Å². The highest BCUT2D eigenvalue weighted by molar-refractivity contribution is 6.30. The van der Waals surface area contributed by atoms with Crippen molar-refractivity contribution in [2.75, 3.05) is 0 Å². The van der Waals surface area contributed by atoms with E-state index in [1.807, 2.05) is 0 Å². The number of hydrogen-bond donors (Lipinski definition) is 0. The number of rotatable bonds is 2. The highest BCUT2D eigenvalue weighted by Gasteiger charge is 2.02. The van der Waals surface area contributed by atoms with E-state index < -0.39 is 0 Å². The van der Waals surface area contributed by atoms with Crippen LogP contribution in [0.2, 0.25) is 5.02 Å². The molecular formula is C12H7ClN2O. The van der Waals surface area contributed by atoms with E-state index in [0.717, 1.165) is 5.56 Å².